The van der Waals surface area contributed by atoms with Crippen molar-refractivity contribution < 1.29 is 4.79 Å². The molecule has 0 spiro atoms. The van der Waals surface area contributed by atoms with Crippen molar-refractivity contribution in [3.8, 4) is 27.9 Å². The van der Waals surface area contributed by atoms with Crippen LogP contribution in [0.15, 0.2) is 73.2 Å². The molecule has 2 aromatic heterocycles. The van der Waals surface area contributed by atoms with Crippen LogP contribution >= 0.6 is 0 Å². The summed E-state index contributed by atoms with van der Waals surface area (Å²) < 4.78 is 1.80. The number of carbonyl (C=O) groups is 1. The highest BCUT2D eigenvalue weighted by molar-refractivity contribution is 5.97. The van der Waals surface area contributed by atoms with Gasteiger partial charge in [-0.25, -0.2) is 9.67 Å². The third kappa shape index (κ3) is 3.02. The molecule has 6 rings (SSSR count). The van der Waals surface area contributed by atoms with Crippen LogP contribution in [0.4, 0.5) is 5.82 Å². The minimum Gasteiger partial charge on any atom is -0.382 e. The van der Waals surface area contributed by atoms with Crippen LogP contribution in [0, 0.1) is 0 Å². The van der Waals surface area contributed by atoms with Crippen molar-refractivity contribution in [2.75, 3.05) is 12.3 Å². The van der Waals surface area contributed by atoms with Gasteiger partial charge in [-0.1, -0.05) is 30.3 Å². The van der Waals surface area contributed by atoms with E-state index < -0.39 is 0 Å². The molecule has 0 radical (unpaired) electrons. The minimum atomic E-state index is -0.0217. The van der Waals surface area contributed by atoms with Gasteiger partial charge in [0.25, 0.3) is 5.91 Å². The fraction of sp³-hybridized carbons (Fsp3) is 0.0800. The van der Waals surface area contributed by atoms with Crippen molar-refractivity contribution in [3.63, 3.8) is 0 Å². The first kappa shape index (κ1) is 18.4. The molecule has 0 bridgehead atoms. The number of imidazole rings is 1. The lowest BCUT2D eigenvalue weighted by atomic mass is 9.96. The predicted octanol–water partition coefficient (Wildman–Crippen LogP) is 3.95. The summed E-state index contributed by atoms with van der Waals surface area (Å²) in [4.78, 5) is 19.5. The highest BCUT2D eigenvalue weighted by Crippen LogP contribution is 2.30. The zero-order valence-electron chi connectivity index (χ0n) is 17.2. The van der Waals surface area contributed by atoms with Crippen LogP contribution in [0.25, 0.3) is 39.0 Å². The monoisotopic (exact) mass is 420 g/mol. The Hall–Kier alpha value is -4.39. The lowest BCUT2D eigenvalue weighted by molar-refractivity contribution is 0.0946. The number of benzene rings is 3. The Kier molecular flexibility index (Phi) is 4.07. The molecule has 32 heavy (non-hydrogen) atoms. The van der Waals surface area contributed by atoms with Gasteiger partial charge in [0.15, 0.2) is 5.82 Å². The smallest absolute Gasteiger partial charge is 0.251 e. The van der Waals surface area contributed by atoms with Crippen molar-refractivity contribution in [1.29, 1.82) is 0 Å². The highest BCUT2D eigenvalue weighted by atomic mass is 16.1. The predicted molar refractivity (Wildman–Crippen MR) is 125 cm³/mol. The standard InChI is InChI=1S/C25H20N6O/c26-24-21(17-4-6-20-18(10-17)8-9-27-25(20)32)13-31(30-24)19-3-1-2-15(11-19)16-5-7-22-23(12-16)29-14-28-22/h1-7,10-14H,8-9H2,(H2,26,30)(H,27,32)(H,28,29). The molecule has 0 saturated heterocycles. The number of aromatic nitrogens is 4. The second kappa shape index (κ2) is 7.09. The van der Waals surface area contributed by atoms with Crippen molar-refractivity contribution >= 4 is 22.8 Å². The number of hydrogen-bond donors (Lipinski definition) is 3. The molecule has 3 aromatic carbocycles. The van der Waals surface area contributed by atoms with E-state index in [-0.39, 0.29) is 5.91 Å². The average molecular weight is 420 g/mol. The molecule has 4 N–H and O–H groups in total. The summed E-state index contributed by atoms with van der Waals surface area (Å²) in [6.45, 7) is 0.654. The highest BCUT2D eigenvalue weighted by Gasteiger charge is 2.18. The van der Waals surface area contributed by atoms with Gasteiger partial charge < -0.3 is 16.0 Å². The van der Waals surface area contributed by atoms with Crippen molar-refractivity contribution in [1.82, 2.24) is 25.1 Å². The van der Waals surface area contributed by atoms with Crippen molar-refractivity contribution in [2.45, 2.75) is 6.42 Å². The molecule has 7 nitrogen and oxygen atoms in total. The number of fused-ring (bicyclic) bond motifs is 2. The van der Waals surface area contributed by atoms with Crippen LogP contribution in [0.2, 0.25) is 0 Å². The second-order valence-corrected chi connectivity index (χ2v) is 7.94. The molecule has 1 aliphatic heterocycles. The summed E-state index contributed by atoms with van der Waals surface area (Å²) in [7, 11) is 0. The van der Waals surface area contributed by atoms with E-state index in [2.05, 4.69) is 44.6 Å². The molecule has 1 aliphatic rings. The van der Waals surface area contributed by atoms with Gasteiger partial charge in [-0.05, 0) is 59.0 Å². The number of rotatable bonds is 3. The van der Waals surface area contributed by atoms with Gasteiger partial charge in [-0.15, -0.1) is 0 Å². The number of anilines is 1. The van der Waals surface area contributed by atoms with E-state index in [1.807, 2.05) is 42.6 Å². The number of nitrogens with zero attached hydrogens (tertiary/aromatic N) is 3. The third-order valence-corrected chi connectivity index (χ3v) is 5.95. The van der Waals surface area contributed by atoms with E-state index in [1.165, 1.54) is 0 Å². The molecule has 156 valence electrons. The fourth-order valence-electron chi connectivity index (χ4n) is 4.28. The second-order valence-electron chi connectivity index (χ2n) is 7.94. The Morgan fingerprint density at radius 3 is 2.75 bits per heavy atom. The first-order valence-corrected chi connectivity index (χ1v) is 10.5. The Morgan fingerprint density at radius 1 is 0.938 bits per heavy atom. The number of nitrogen functional groups attached to an aromatic ring is 1. The minimum absolute atomic E-state index is 0.0217. The van der Waals surface area contributed by atoms with Gasteiger partial charge in [0.05, 0.1) is 23.0 Å². The topological polar surface area (TPSA) is 102 Å². The van der Waals surface area contributed by atoms with Crippen LogP contribution < -0.4 is 11.1 Å². The van der Waals surface area contributed by atoms with E-state index in [1.54, 1.807) is 11.0 Å². The van der Waals surface area contributed by atoms with Gasteiger partial charge in [0.2, 0.25) is 0 Å². The molecular formula is C25H20N6O. The zero-order chi connectivity index (χ0) is 21.7. The van der Waals surface area contributed by atoms with E-state index in [9.17, 15) is 4.79 Å². The molecule has 0 atom stereocenters. The summed E-state index contributed by atoms with van der Waals surface area (Å²) in [5.41, 5.74) is 14.9. The number of hydrogen-bond acceptors (Lipinski definition) is 4. The van der Waals surface area contributed by atoms with Crippen molar-refractivity contribution in [2.24, 2.45) is 0 Å². The largest absolute Gasteiger partial charge is 0.382 e. The molecule has 0 aliphatic carbocycles. The molecule has 1 amide bonds. The number of nitrogens with two attached hydrogens (primary N) is 1. The molecule has 3 heterocycles. The third-order valence-electron chi connectivity index (χ3n) is 5.95. The van der Waals surface area contributed by atoms with Gasteiger partial charge in [-0.3, -0.25) is 4.79 Å². The lowest BCUT2D eigenvalue weighted by Gasteiger charge is -2.17. The number of H-pyrrole nitrogens is 1. The van der Waals surface area contributed by atoms with Crippen LogP contribution in [0.5, 0.6) is 0 Å². The van der Waals surface area contributed by atoms with E-state index in [0.29, 0.717) is 12.4 Å². The van der Waals surface area contributed by atoms with Crippen molar-refractivity contribution in [3.05, 3.63) is 84.3 Å². The number of carbonyl (C=O) groups excluding carboxylic acids is 1. The van der Waals surface area contributed by atoms with Crippen LogP contribution in [0.3, 0.4) is 0 Å². The number of aromatic amines is 1. The van der Waals surface area contributed by atoms with Crippen LogP contribution in [-0.2, 0) is 6.42 Å². The molecule has 5 aromatic rings. The molecule has 0 saturated carbocycles. The first-order chi connectivity index (χ1) is 15.7. The van der Waals surface area contributed by atoms with Gasteiger partial charge in [0, 0.05) is 23.9 Å². The summed E-state index contributed by atoms with van der Waals surface area (Å²) in [5, 5.41) is 7.44. The van der Waals surface area contributed by atoms with Crippen LogP contribution in [0.1, 0.15) is 15.9 Å². The van der Waals surface area contributed by atoms with Gasteiger partial charge in [0.1, 0.15) is 0 Å². The van der Waals surface area contributed by atoms with E-state index >= 15 is 0 Å². The van der Waals surface area contributed by atoms with Gasteiger partial charge >= 0.3 is 0 Å². The molecule has 0 fully saturated rings. The maximum Gasteiger partial charge on any atom is 0.251 e. The average Bonchev–Trinajstić information content (AvgIpc) is 3.45. The number of nitrogens with one attached hydrogen (secondary N) is 2. The van der Waals surface area contributed by atoms with E-state index in [0.717, 1.165) is 56.5 Å². The maximum atomic E-state index is 12.0. The summed E-state index contributed by atoms with van der Waals surface area (Å²) >= 11 is 0. The summed E-state index contributed by atoms with van der Waals surface area (Å²) in [6, 6.07) is 20.2. The summed E-state index contributed by atoms with van der Waals surface area (Å²) in [6.07, 6.45) is 4.45. The zero-order valence-corrected chi connectivity index (χ0v) is 17.2. The maximum absolute atomic E-state index is 12.0. The van der Waals surface area contributed by atoms with E-state index in [4.69, 9.17) is 5.73 Å². The lowest BCUT2D eigenvalue weighted by Crippen LogP contribution is -2.31. The fourth-order valence-corrected chi connectivity index (χ4v) is 4.28. The van der Waals surface area contributed by atoms with Gasteiger partial charge in [-0.2, -0.15) is 5.10 Å². The quantitative estimate of drug-likeness (QED) is 0.411. The molecule has 7 heteroatoms. The SMILES string of the molecule is Nc1nn(-c2cccc(-c3ccc4nc[nH]c4c3)c2)cc1-c1ccc2c(c1)CCNC2=O. The number of amides is 1. The Bertz CT molecular complexity index is 1500. The Morgan fingerprint density at radius 2 is 1.81 bits per heavy atom. The molecule has 0 unspecified atom stereocenters. The first-order valence-electron chi connectivity index (χ1n) is 10.5. The summed E-state index contributed by atoms with van der Waals surface area (Å²) in [5.74, 6) is 0.432. The Labute approximate surface area is 183 Å². The van der Waals surface area contributed by atoms with Crippen LogP contribution in [-0.4, -0.2) is 32.2 Å². The normalized spacial score (nSPS) is 13.2. The Balaban J connectivity index is 1.37. The molecular weight excluding hydrogens is 400 g/mol.